The van der Waals surface area contributed by atoms with E-state index in [1.54, 1.807) is 48.7 Å². The average Bonchev–Trinajstić information content (AvgIpc) is 3.57. The molecule has 1 amide bonds. The monoisotopic (exact) mass is 619 g/mol. The number of aromatic nitrogens is 4. The lowest BCUT2D eigenvalue weighted by molar-refractivity contribution is -0.137. The molecule has 5 rings (SSSR count). The van der Waals surface area contributed by atoms with Crippen LogP contribution in [-0.2, 0) is 13.2 Å². The van der Waals surface area contributed by atoms with E-state index in [0.717, 1.165) is 29.6 Å². The number of ether oxygens (including phenoxy) is 1. The Kier molecular flexibility index (Phi) is 8.78. The standard InChI is InChI=1S/C32H29F4N7O2/c1-20-12-28(33)27(31(44)40-23-14-22(32(34,35)36)15-26(16-23)45-11-10-41(2)3)13-21(20)7-8-25-18-37-30-29(6-5-9-43(25)30)39-24-17-38-42(4)19-24/h5-6,9,12-19,39H,10-11H2,1-4H3,(H,40,44). The number of amides is 1. The van der Waals surface area contributed by atoms with Crippen molar-refractivity contribution in [1.29, 1.82) is 0 Å². The van der Waals surface area contributed by atoms with E-state index in [9.17, 15) is 22.4 Å². The van der Waals surface area contributed by atoms with E-state index in [4.69, 9.17) is 4.74 Å². The number of anilines is 3. The zero-order chi connectivity index (χ0) is 32.3. The second-order valence-corrected chi connectivity index (χ2v) is 10.5. The van der Waals surface area contributed by atoms with E-state index in [1.165, 1.54) is 12.1 Å². The van der Waals surface area contributed by atoms with Crippen LogP contribution in [0.4, 0.5) is 34.6 Å². The highest BCUT2D eigenvalue weighted by Gasteiger charge is 2.32. The highest BCUT2D eigenvalue weighted by Crippen LogP contribution is 2.34. The van der Waals surface area contributed by atoms with E-state index in [-0.39, 0.29) is 23.6 Å². The molecule has 0 saturated heterocycles. The predicted molar refractivity (Wildman–Crippen MR) is 162 cm³/mol. The number of benzene rings is 2. The fraction of sp³-hybridized carbons (Fsp3) is 0.219. The first-order chi connectivity index (χ1) is 21.4. The molecule has 3 heterocycles. The average molecular weight is 620 g/mol. The number of hydrogen-bond acceptors (Lipinski definition) is 6. The Balaban J connectivity index is 1.40. The number of rotatable bonds is 8. The summed E-state index contributed by atoms with van der Waals surface area (Å²) in [5.41, 5.74) is 1.93. The topological polar surface area (TPSA) is 88.7 Å². The molecule has 9 nitrogen and oxygen atoms in total. The van der Waals surface area contributed by atoms with Gasteiger partial charge in [-0.2, -0.15) is 18.3 Å². The highest BCUT2D eigenvalue weighted by atomic mass is 19.4. The van der Waals surface area contributed by atoms with Crippen molar-refractivity contribution >= 4 is 28.6 Å². The van der Waals surface area contributed by atoms with E-state index < -0.39 is 23.5 Å². The number of pyridine rings is 1. The molecule has 3 aromatic heterocycles. The van der Waals surface area contributed by atoms with Crippen molar-refractivity contribution in [3.8, 4) is 17.6 Å². The van der Waals surface area contributed by atoms with Crippen LogP contribution in [0, 0.1) is 24.6 Å². The Bertz CT molecular complexity index is 1930. The van der Waals surface area contributed by atoms with Gasteiger partial charge in [-0.25, -0.2) is 9.37 Å². The number of imidazole rings is 1. The third-order valence-electron chi connectivity index (χ3n) is 6.70. The second kappa shape index (κ2) is 12.7. The van der Waals surface area contributed by atoms with Gasteiger partial charge < -0.3 is 20.3 Å². The third kappa shape index (κ3) is 7.42. The molecule has 232 valence electrons. The maximum atomic E-state index is 15.0. The number of likely N-dealkylation sites (N-methyl/N-ethyl adjacent to an activating group) is 1. The van der Waals surface area contributed by atoms with Gasteiger partial charge in [-0.3, -0.25) is 13.9 Å². The van der Waals surface area contributed by atoms with Gasteiger partial charge in [0.1, 0.15) is 23.9 Å². The summed E-state index contributed by atoms with van der Waals surface area (Å²) in [5.74, 6) is 4.14. The third-order valence-corrected chi connectivity index (χ3v) is 6.70. The molecule has 0 spiro atoms. The molecule has 0 aliphatic rings. The maximum absolute atomic E-state index is 15.0. The molecule has 5 aromatic rings. The molecule has 0 aliphatic carbocycles. The molecule has 0 bridgehead atoms. The van der Waals surface area contributed by atoms with Crippen LogP contribution in [0.1, 0.15) is 32.7 Å². The van der Waals surface area contributed by atoms with Crippen LogP contribution in [0.25, 0.3) is 5.65 Å². The van der Waals surface area contributed by atoms with E-state index in [2.05, 4.69) is 32.6 Å². The van der Waals surface area contributed by atoms with Crippen LogP contribution in [0.15, 0.2) is 67.3 Å². The van der Waals surface area contributed by atoms with Crippen molar-refractivity contribution in [2.24, 2.45) is 7.05 Å². The van der Waals surface area contributed by atoms with Crippen molar-refractivity contribution in [3.63, 3.8) is 0 Å². The van der Waals surface area contributed by atoms with E-state index in [1.807, 2.05) is 30.3 Å². The lowest BCUT2D eigenvalue weighted by atomic mass is 10.0. The number of carbonyl (C=O) groups is 1. The Labute approximate surface area is 256 Å². The van der Waals surface area contributed by atoms with Gasteiger partial charge in [0.05, 0.1) is 34.9 Å². The minimum Gasteiger partial charge on any atom is -0.492 e. The van der Waals surface area contributed by atoms with Crippen LogP contribution in [0.2, 0.25) is 0 Å². The van der Waals surface area contributed by atoms with Crippen LogP contribution in [0.3, 0.4) is 0 Å². The first kappa shape index (κ1) is 31.1. The van der Waals surface area contributed by atoms with Gasteiger partial charge in [-0.15, -0.1) is 0 Å². The number of hydrogen-bond donors (Lipinski definition) is 2. The fourth-order valence-corrected chi connectivity index (χ4v) is 4.42. The van der Waals surface area contributed by atoms with Crippen LogP contribution < -0.4 is 15.4 Å². The number of aryl methyl sites for hydroxylation is 2. The smallest absolute Gasteiger partial charge is 0.416 e. The summed E-state index contributed by atoms with van der Waals surface area (Å²) in [6.45, 7) is 2.24. The number of nitrogens with zero attached hydrogens (tertiary/aromatic N) is 5. The summed E-state index contributed by atoms with van der Waals surface area (Å²) in [6, 6.07) is 9.01. The van der Waals surface area contributed by atoms with Gasteiger partial charge in [0.2, 0.25) is 0 Å². The number of carbonyl (C=O) groups excluding carboxylic acids is 1. The lowest BCUT2D eigenvalue weighted by Crippen LogP contribution is -2.20. The van der Waals surface area contributed by atoms with Crippen LogP contribution >= 0.6 is 0 Å². The Morgan fingerprint density at radius 1 is 1.09 bits per heavy atom. The Morgan fingerprint density at radius 2 is 1.89 bits per heavy atom. The summed E-state index contributed by atoms with van der Waals surface area (Å²) in [4.78, 5) is 19.4. The zero-order valence-corrected chi connectivity index (χ0v) is 24.8. The summed E-state index contributed by atoms with van der Waals surface area (Å²) >= 11 is 0. The fourth-order valence-electron chi connectivity index (χ4n) is 4.42. The van der Waals surface area contributed by atoms with Crippen molar-refractivity contribution in [3.05, 3.63) is 101 Å². The van der Waals surface area contributed by atoms with Gasteiger partial charge in [0, 0.05) is 43.3 Å². The van der Waals surface area contributed by atoms with Crippen LogP contribution in [-0.4, -0.2) is 57.2 Å². The van der Waals surface area contributed by atoms with Gasteiger partial charge >= 0.3 is 6.18 Å². The Morgan fingerprint density at radius 3 is 2.60 bits per heavy atom. The first-order valence-corrected chi connectivity index (χ1v) is 13.7. The largest absolute Gasteiger partial charge is 0.492 e. The molecular formula is C32H29F4N7O2. The molecule has 0 radical (unpaired) electrons. The second-order valence-electron chi connectivity index (χ2n) is 10.5. The quantitative estimate of drug-likeness (QED) is 0.167. The molecule has 0 saturated carbocycles. The van der Waals surface area contributed by atoms with Crippen molar-refractivity contribution in [2.75, 3.05) is 37.9 Å². The number of fused-ring (bicyclic) bond motifs is 1. The molecule has 0 fully saturated rings. The van der Waals surface area contributed by atoms with Crippen molar-refractivity contribution in [1.82, 2.24) is 24.1 Å². The highest BCUT2D eigenvalue weighted by molar-refractivity contribution is 6.05. The molecule has 0 unspecified atom stereocenters. The lowest BCUT2D eigenvalue weighted by Gasteiger charge is -2.15. The first-order valence-electron chi connectivity index (χ1n) is 13.7. The summed E-state index contributed by atoms with van der Waals surface area (Å²) in [6.07, 6.45) is 2.21. The Hall–Kier alpha value is -5.35. The van der Waals surface area contributed by atoms with E-state index in [0.29, 0.717) is 29.0 Å². The number of alkyl halides is 3. The van der Waals surface area contributed by atoms with Crippen molar-refractivity contribution in [2.45, 2.75) is 13.1 Å². The van der Waals surface area contributed by atoms with Gasteiger partial charge in [-0.05, 0) is 68.9 Å². The van der Waals surface area contributed by atoms with Gasteiger partial charge in [0.25, 0.3) is 5.91 Å². The number of nitrogens with one attached hydrogen (secondary N) is 2. The molecule has 0 atom stereocenters. The maximum Gasteiger partial charge on any atom is 0.416 e. The molecule has 2 aromatic carbocycles. The molecule has 0 aliphatic heterocycles. The molecule has 2 N–H and O–H groups in total. The van der Waals surface area contributed by atoms with Crippen LogP contribution in [0.5, 0.6) is 5.75 Å². The van der Waals surface area contributed by atoms with E-state index >= 15 is 0 Å². The van der Waals surface area contributed by atoms with Gasteiger partial charge in [-0.1, -0.05) is 5.92 Å². The van der Waals surface area contributed by atoms with Crippen molar-refractivity contribution < 1.29 is 27.1 Å². The molecule has 13 heteroatoms. The SMILES string of the molecule is Cc1cc(F)c(C(=O)Nc2cc(OCCN(C)C)cc(C(F)(F)F)c2)cc1C#Cc1cnc2c(Nc3cnn(C)c3)cccn12. The molecule has 45 heavy (non-hydrogen) atoms. The summed E-state index contributed by atoms with van der Waals surface area (Å²) in [5, 5.41) is 9.79. The number of halogens is 4. The molecular weight excluding hydrogens is 590 g/mol. The minimum atomic E-state index is -4.69. The van der Waals surface area contributed by atoms with Gasteiger partial charge in [0.15, 0.2) is 5.65 Å². The zero-order valence-electron chi connectivity index (χ0n) is 24.8. The summed E-state index contributed by atoms with van der Waals surface area (Å²) in [7, 11) is 5.41. The normalized spacial score (nSPS) is 11.4. The summed E-state index contributed by atoms with van der Waals surface area (Å²) < 4.78 is 64.6. The minimum absolute atomic E-state index is 0.0789. The predicted octanol–water partition coefficient (Wildman–Crippen LogP) is 5.87.